The van der Waals surface area contributed by atoms with Crippen molar-refractivity contribution in [1.82, 2.24) is 4.57 Å². The summed E-state index contributed by atoms with van der Waals surface area (Å²) in [7, 11) is 0. The van der Waals surface area contributed by atoms with Crippen LogP contribution in [0.15, 0.2) is 54.6 Å². The molecule has 0 bridgehead atoms. The van der Waals surface area contributed by atoms with E-state index < -0.39 is 18.6 Å². The molecule has 0 amide bonds. The second kappa shape index (κ2) is 7.49. The van der Waals surface area contributed by atoms with E-state index in [4.69, 9.17) is 9.47 Å². The first-order valence-electron chi connectivity index (χ1n) is 8.98. The molecule has 6 heteroatoms. The number of rotatable bonds is 4. The zero-order valence-electron chi connectivity index (χ0n) is 16.1. The van der Waals surface area contributed by atoms with Crippen molar-refractivity contribution < 1.29 is 19.3 Å². The molecule has 0 fully saturated rings. The predicted octanol–water partition coefficient (Wildman–Crippen LogP) is 3.82. The minimum atomic E-state index is -0.807. The van der Waals surface area contributed by atoms with Crippen LogP contribution in [0.2, 0.25) is 6.82 Å². The van der Waals surface area contributed by atoms with Crippen LogP contribution < -0.4 is 10.3 Å². The third-order valence-electron chi connectivity index (χ3n) is 4.05. The zero-order chi connectivity index (χ0) is 19.6. The van der Waals surface area contributed by atoms with Crippen molar-refractivity contribution in [3.05, 3.63) is 60.2 Å². The molecule has 0 spiro atoms. The molecule has 5 nitrogen and oxygen atoms in total. The quantitative estimate of drug-likeness (QED) is 0.714. The van der Waals surface area contributed by atoms with E-state index in [0.717, 1.165) is 10.9 Å². The van der Waals surface area contributed by atoms with Crippen LogP contribution >= 0.6 is 0 Å². The molecule has 0 atom stereocenters. The lowest BCUT2D eigenvalue weighted by Gasteiger charge is -2.21. The molecule has 1 aromatic heterocycles. The molecule has 0 aliphatic carbocycles. The number of aromatic nitrogens is 1. The van der Waals surface area contributed by atoms with Crippen LogP contribution in [0.25, 0.3) is 10.9 Å². The standard InChI is InChI=1S/C21H24BNO4/c1-21(2,3)27-20(24)23-18-11-10-17(12-16(18)13-19(23)22(4)25)26-14-15-8-6-5-7-9-15/h5-13,25H,14H2,1-4H3. The number of hydrogen-bond acceptors (Lipinski definition) is 4. The van der Waals surface area contributed by atoms with Crippen LogP contribution in [-0.2, 0) is 11.3 Å². The number of ether oxygens (including phenoxy) is 2. The number of fused-ring (bicyclic) bond motifs is 1. The normalized spacial score (nSPS) is 11.4. The van der Waals surface area contributed by atoms with E-state index in [1.807, 2.05) is 69.3 Å². The Morgan fingerprint density at radius 3 is 2.44 bits per heavy atom. The summed E-state index contributed by atoms with van der Waals surface area (Å²) in [5.41, 5.74) is 1.61. The monoisotopic (exact) mass is 365 g/mol. The molecule has 0 saturated heterocycles. The highest BCUT2D eigenvalue weighted by atomic mass is 16.6. The fourth-order valence-corrected chi connectivity index (χ4v) is 2.86. The van der Waals surface area contributed by atoms with Crippen molar-refractivity contribution in [2.24, 2.45) is 0 Å². The first-order chi connectivity index (χ1) is 12.7. The fourth-order valence-electron chi connectivity index (χ4n) is 2.86. The maximum atomic E-state index is 12.7. The van der Waals surface area contributed by atoms with Crippen LogP contribution in [-0.4, -0.2) is 28.2 Å². The summed E-state index contributed by atoms with van der Waals surface area (Å²) in [4.78, 5) is 12.7. The Morgan fingerprint density at radius 2 is 1.81 bits per heavy atom. The van der Waals surface area contributed by atoms with E-state index in [0.29, 0.717) is 23.5 Å². The highest BCUT2D eigenvalue weighted by molar-refractivity contribution is 6.65. The molecule has 140 valence electrons. The first-order valence-corrected chi connectivity index (χ1v) is 8.98. The second-order valence-electron chi connectivity index (χ2n) is 7.56. The highest BCUT2D eigenvalue weighted by Gasteiger charge is 2.25. The maximum absolute atomic E-state index is 12.7. The van der Waals surface area contributed by atoms with E-state index in [2.05, 4.69) is 0 Å². The maximum Gasteiger partial charge on any atom is 0.418 e. The average Bonchev–Trinajstić information content (AvgIpc) is 2.98. The van der Waals surface area contributed by atoms with Gasteiger partial charge in [-0.1, -0.05) is 37.2 Å². The van der Waals surface area contributed by atoms with Gasteiger partial charge in [0.2, 0.25) is 0 Å². The van der Waals surface area contributed by atoms with E-state index >= 15 is 0 Å². The van der Waals surface area contributed by atoms with Crippen molar-refractivity contribution in [2.75, 3.05) is 0 Å². The summed E-state index contributed by atoms with van der Waals surface area (Å²) < 4.78 is 12.8. The third-order valence-corrected chi connectivity index (χ3v) is 4.05. The summed E-state index contributed by atoms with van der Waals surface area (Å²) in [6.45, 7) is 6.72. The largest absolute Gasteiger partial charge is 0.489 e. The summed E-state index contributed by atoms with van der Waals surface area (Å²) in [6.07, 6.45) is -0.508. The van der Waals surface area contributed by atoms with Crippen molar-refractivity contribution in [3.63, 3.8) is 0 Å². The van der Waals surface area contributed by atoms with Gasteiger partial charge in [0.05, 0.1) is 5.52 Å². The summed E-state index contributed by atoms with van der Waals surface area (Å²) in [5.74, 6) is 0.699. The van der Waals surface area contributed by atoms with Gasteiger partial charge >= 0.3 is 13.0 Å². The fraction of sp³-hybridized carbons (Fsp3) is 0.286. The molecule has 0 unspecified atom stereocenters. The van der Waals surface area contributed by atoms with Crippen LogP contribution in [0.5, 0.6) is 5.75 Å². The summed E-state index contributed by atoms with van der Waals surface area (Å²) >= 11 is 0. The molecule has 0 aliphatic rings. The molecular formula is C21H24BNO4. The molecule has 0 aliphatic heterocycles. The summed E-state index contributed by atoms with van der Waals surface area (Å²) in [6, 6.07) is 17.2. The number of carbonyl (C=O) groups excluding carboxylic acids is 1. The van der Waals surface area contributed by atoms with Crippen LogP contribution in [0, 0.1) is 0 Å². The topological polar surface area (TPSA) is 60.7 Å². The smallest absolute Gasteiger partial charge is 0.418 e. The molecule has 1 heterocycles. The van der Waals surface area contributed by atoms with Crippen molar-refractivity contribution in [2.45, 2.75) is 39.8 Å². The van der Waals surface area contributed by atoms with Gasteiger partial charge < -0.3 is 14.5 Å². The number of carbonyl (C=O) groups is 1. The predicted molar refractivity (Wildman–Crippen MR) is 108 cm³/mol. The molecule has 0 saturated carbocycles. The van der Waals surface area contributed by atoms with Gasteiger partial charge in [0, 0.05) is 11.0 Å². The SMILES string of the molecule is CB(O)c1cc2cc(OCc3ccccc3)ccc2n1C(=O)OC(C)(C)C. The minimum absolute atomic E-state index is 0.461. The van der Waals surface area contributed by atoms with Gasteiger partial charge in [0.1, 0.15) is 18.0 Å². The van der Waals surface area contributed by atoms with Crippen LogP contribution in [0.4, 0.5) is 4.79 Å². The number of benzene rings is 2. The average molecular weight is 365 g/mol. The first kappa shape index (κ1) is 19.0. The minimum Gasteiger partial charge on any atom is -0.489 e. The van der Waals surface area contributed by atoms with Crippen LogP contribution in [0.1, 0.15) is 26.3 Å². The van der Waals surface area contributed by atoms with Crippen molar-refractivity contribution in [1.29, 1.82) is 0 Å². The summed E-state index contributed by atoms with van der Waals surface area (Å²) in [5, 5.41) is 10.9. The lowest BCUT2D eigenvalue weighted by atomic mass is 9.68. The number of nitrogens with zero attached hydrogens (tertiary/aromatic N) is 1. The molecule has 3 rings (SSSR count). The molecule has 0 radical (unpaired) electrons. The van der Waals surface area contributed by atoms with Gasteiger partial charge in [-0.05, 0) is 50.6 Å². The lowest BCUT2D eigenvalue weighted by Crippen LogP contribution is -2.39. The second-order valence-corrected chi connectivity index (χ2v) is 7.56. The third kappa shape index (κ3) is 4.52. The van der Waals surface area contributed by atoms with E-state index in [-0.39, 0.29) is 0 Å². The van der Waals surface area contributed by atoms with Gasteiger partial charge in [-0.3, -0.25) is 4.57 Å². The van der Waals surface area contributed by atoms with Gasteiger partial charge in [-0.15, -0.1) is 0 Å². The molecule has 2 aromatic carbocycles. The molecular weight excluding hydrogens is 341 g/mol. The van der Waals surface area contributed by atoms with Gasteiger partial charge in [-0.2, -0.15) is 0 Å². The van der Waals surface area contributed by atoms with Gasteiger partial charge in [-0.25, -0.2) is 4.79 Å². The Labute approximate surface area is 159 Å². The lowest BCUT2D eigenvalue weighted by molar-refractivity contribution is 0.0548. The Balaban J connectivity index is 1.92. The highest BCUT2D eigenvalue weighted by Crippen LogP contribution is 2.23. The van der Waals surface area contributed by atoms with Crippen LogP contribution in [0.3, 0.4) is 0 Å². The van der Waals surface area contributed by atoms with E-state index in [1.165, 1.54) is 4.57 Å². The molecule has 27 heavy (non-hydrogen) atoms. The molecule has 1 N–H and O–H groups in total. The van der Waals surface area contributed by atoms with E-state index in [9.17, 15) is 9.82 Å². The Morgan fingerprint density at radius 1 is 1.11 bits per heavy atom. The van der Waals surface area contributed by atoms with E-state index in [1.54, 1.807) is 12.9 Å². The van der Waals surface area contributed by atoms with Crippen molar-refractivity contribution >= 4 is 29.5 Å². The Hall–Kier alpha value is -2.73. The Kier molecular flexibility index (Phi) is 5.28. The van der Waals surface area contributed by atoms with Gasteiger partial charge in [0.15, 0.2) is 0 Å². The van der Waals surface area contributed by atoms with Gasteiger partial charge in [0.25, 0.3) is 0 Å². The number of hydrogen-bond donors (Lipinski definition) is 1. The zero-order valence-corrected chi connectivity index (χ0v) is 16.1. The Bertz CT molecular complexity index is 942. The molecule has 3 aromatic rings. The van der Waals surface area contributed by atoms with Crippen molar-refractivity contribution in [3.8, 4) is 5.75 Å².